The van der Waals surface area contributed by atoms with Crippen LogP contribution in [0.15, 0.2) is 48.5 Å². The number of anilines is 1. The molecule has 5 rings (SSSR count). The molecule has 33 heavy (non-hydrogen) atoms. The first-order valence-electron chi connectivity index (χ1n) is 11.1. The Morgan fingerprint density at radius 2 is 1.76 bits per heavy atom. The van der Waals surface area contributed by atoms with E-state index in [0.29, 0.717) is 22.9 Å². The predicted octanol–water partition coefficient (Wildman–Crippen LogP) is 4.79. The number of piperidine rings is 1. The molecule has 0 radical (unpaired) electrons. The summed E-state index contributed by atoms with van der Waals surface area (Å²) in [7, 11) is 0. The standard InChI is InChI=1S/C25H23N5O2S/c1-2-32-25(31)17(15-26)22-23(28-19-8-4-3-7-18(19)27-22)30-13-11-16(12-14-30)24-29-20-9-5-6-10-21(20)33-24/h3-10,16-17H,2,11-14H2,1H3. The summed E-state index contributed by atoms with van der Waals surface area (Å²) in [5.74, 6) is -0.724. The van der Waals surface area contributed by atoms with Gasteiger partial charge in [0.2, 0.25) is 0 Å². The largest absolute Gasteiger partial charge is 0.465 e. The third kappa shape index (κ3) is 4.12. The zero-order valence-electron chi connectivity index (χ0n) is 18.3. The average molecular weight is 458 g/mol. The molecular formula is C25H23N5O2S. The molecule has 2 aromatic heterocycles. The average Bonchev–Trinajstić information content (AvgIpc) is 3.29. The number of aromatic nitrogens is 3. The number of benzene rings is 2. The molecule has 0 amide bonds. The molecule has 0 aliphatic carbocycles. The third-order valence-corrected chi connectivity index (χ3v) is 7.16. The molecule has 1 aliphatic rings. The van der Waals surface area contributed by atoms with Crippen molar-refractivity contribution >= 4 is 44.4 Å². The molecule has 0 saturated carbocycles. The second-order valence-electron chi connectivity index (χ2n) is 8.02. The van der Waals surface area contributed by atoms with Crippen LogP contribution >= 0.6 is 11.3 Å². The Hall–Kier alpha value is -3.57. The molecule has 1 aliphatic heterocycles. The van der Waals surface area contributed by atoms with Crippen LogP contribution in [0, 0.1) is 11.3 Å². The highest BCUT2D eigenvalue weighted by atomic mass is 32.1. The van der Waals surface area contributed by atoms with Crippen LogP contribution in [0.2, 0.25) is 0 Å². The van der Waals surface area contributed by atoms with Gasteiger partial charge in [-0.3, -0.25) is 4.79 Å². The molecule has 3 heterocycles. The highest BCUT2D eigenvalue weighted by molar-refractivity contribution is 7.18. The number of esters is 1. The van der Waals surface area contributed by atoms with Gasteiger partial charge < -0.3 is 9.64 Å². The number of ether oxygens (including phenoxy) is 1. The lowest BCUT2D eigenvalue weighted by atomic mass is 9.96. The molecule has 1 saturated heterocycles. The van der Waals surface area contributed by atoms with Crippen molar-refractivity contribution in [2.45, 2.75) is 31.6 Å². The Bertz CT molecular complexity index is 1320. The van der Waals surface area contributed by atoms with Crippen molar-refractivity contribution in [1.82, 2.24) is 15.0 Å². The lowest BCUT2D eigenvalue weighted by Crippen LogP contribution is -2.35. The molecule has 4 aromatic rings. The van der Waals surface area contributed by atoms with Crippen LogP contribution in [-0.2, 0) is 9.53 Å². The van der Waals surface area contributed by atoms with Crippen LogP contribution in [0.5, 0.6) is 0 Å². The maximum atomic E-state index is 12.5. The number of hydrogen-bond donors (Lipinski definition) is 0. The van der Waals surface area contributed by atoms with E-state index in [1.807, 2.05) is 36.4 Å². The smallest absolute Gasteiger partial charge is 0.329 e. The van der Waals surface area contributed by atoms with Gasteiger partial charge in [0.15, 0.2) is 11.7 Å². The number of nitrogens with zero attached hydrogens (tertiary/aromatic N) is 5. The molecule has 2 aromatic carbocycles. The van der Waals surface area contributed by atoms with Crippen molar-refractivity contribution < 1.29 is 9.53 Å². The van der Waals surface area contributed by atoms with E-state index in [1.165, 1.54) is 9.71 Å². The number of thiazole rings is 1. The van der Waals surface area contributed by atoms with E-state index >= 15 is 0 Å². The van der Waals surface area contributed by atoms with Gasteiger partial charge in [-0.05, 0) is 44.0 Å². The Kier molecular flexibility index (Phi) is 5.88. The van der Waals surface area contributed by atoms with E-state index in [-0.39, 0.29) is 6.61 Å². The Morgan fingerprint density at radius 3 is 2.42 bits per heavy atom. The van der Waals surface area contributed by atoms with Crippen LogP contribution in [0.3, 0.4) is 0 Å². The summed E-state index contributed by atoms with van der Waals surface area (Å²) in [5, 5.41) is 11.0. The second-order valence-corrected chi connectivity index (χ2v) is 9.08. The van der Waals surface area contributed by atoms with Crippen LogP contribution in [-0.4, -0.2) is 40.6 Å². The van der Waals surface area contributed by atoms with Crippen molar-refractivity contribution in [3.63, 3.8) is 0 Å². The Balaban J connectivity index is 1.45. The van der Waals surface area contributed by atoms with Crippen LogP contribution in [0.4, 0.5) is 5.82 Å². The minimum Gasteiger partial charge on any atom is -0.465 e. The Morgan fingerprint density at radius 1 is 1.09 bits per heavy atom. The molecule has 166 valence electrons. The van der Waals surface area contributed by atoms with Gasteiger partial charge in [0.1, 0.15) is 5.69 Å². The highest BCUT2D eigenvalue weighted by Crippen LogP contribution is 2.36. The first-order chi connectivity index (χ1) is 16.2. The van der Waals surface area contributed by atoms with Gasteiger partial charge in [-0.25, -0.2) is 15.0 Å². The van der Waals surface area contributed by atoms with E-state index in [9.17, 15) is 10.1 Å². The molecule has 8 heteroatoms. The van der Waals surface area contributed by atoms with Crippen LogP contribution in [0.1, 0.15) is 42.3 Å². The molecule has 7 nitrogen and oxygen atoms in total. The summed E-state index contributed by atoms with van der Waals surface area (Å²) in [5.41, 5.74) is 2.82. The summed E-state index contributed by atoms with van der Waals surface area (Å²) in [6.07, 6.45) is 1.84. The van der Waals surface area contributed by atoms with Crippen molar-refractivity contribution in [1.29, 1.82) is 5.26 Å². The summed E-state index contributed by atoms with van der Waals surface area (Å²) in [6, 6.07) is 17.8. The quantitative estimate of drug-likeness (QED) is 0.398. The summed E-state index contributed by atoms with van der Waals surface area (Å²) < 4.78 is 6.36. The topological polar surface area (TPSA) is 92.0 Å². The number of para-hydroxylation sites is 3. The van der Waals surface area contributed by atoms with E-state index in [1.54, 1.807) is 18.3 Å². The van der Waals surface area contributed by atoms with Crippen molar-refractivity contribution in [2.75, 3.05) is 24.6 Å². The highest BCUT2D eigenvalue weighted by Gasteiger charge is 2.32. The van der Waals surface area contributed by atoms with Gasteiger partial charge in [0.25, 0.3) is 0 Å². The molecule has 0 N–H and O–H groups in total. The molecule has 1 atom stereocenters. The zero-order chi connectivity index (χ0) is 22.8. The van der Waals surface area contributed by atoms with Crippen molar-refractivity contribution in [3.05, 3.63) is 59.2 Å². The summed E-state index contributed by atoms with van der Waals surface area (Å²) >= 11 is 1.76. The van der Waals surface area contributed by atoms with Gasteiger partial charge in [0.05, 0.1) is 38.9 Å². The lowest BCUT2D eigenvalue weighted by Gasteiger charge is -2.33. The number of fused-ring (bicyclic) bond motifs is 2. The van der Waals surface area contributed by atoms with Crippen molar-refractivity contribution in [2.24, 2.45) is 0 Å². The number of hydrogen-bond acceptors (Lipinski definition) is 8. The summed E-state index contributed by atoms with van der Waals surface area (Å²) in [4.78, 5) is 29.0. The minimum atomic E-state index is -1.11. The van der Waals surface area contributed by atoms with Crippen LogP contribution in [0.25, 0.3) is 21.3 Å². The first-order valence-corrected chi connectivity index (χ1v) is 11.9. The maximum Gasteiger partial charge on any atom is 0.329 e. The maximum absolute atomic E-state index is 12.5. The van der Waals surface area contributed by atoms with Gasteiger partial charge in [-0.15, -0.1) is 11.3 Å². The summed E-state index contributed by atoms with van der Waals surface area (Å²) in [6.45, 7) is 3.44. The van der Waals surface area contributed by atoms with Crippen molar-refractivity contribution in [3.8, 4) is 6.07 Å². The predicted molar refractivity (Wildman–Crippen MR) is 128 cm³/mol. The monoisotopic (exact) mass is 457 g/mol. The van der Waals surface area contributed by atoms with Gasteiger partial charge in [-0.1, -0.05) is 24.3 Å². The normalized spacial score (nSPS) is 15.5. The van der Waals surface area contributed by atoms with Gasteiger partial charge >= 0.3 is 5.97 Å². The molecular weight excluding hydrogens is 434 g/mol. The van der Waals surface area contributed by atoms with E-state index in [2.05, 4.69) is 23.1 Å². The van der Waals surface area contributed by atoms with Gasteiger partial charge in [-0.2, -0.15) is 5.26 Å². The number of carbonyl (C=O) groups excluding carboxylic acids is 1. The number of rotatable bonds is 5. The van der Waals surface area contributed by atoms with E-state index < -0.39 is 11.9 Å². The van der Waals surface area contributed by atoms with E-state index in [0.717, 1.165) is 37.0 Å². The number of nitriles is 1. The SMILES string of the molecule is CCOC(=O)C(C#N)c1nc2ccccc2nc1N1CCC(c2nc3ccccc3s2)CC1. The first kappa shape index (κ1) is 21.3. The molecule has 1 unspecified atom stereocenters. The molecule has 1 fully saturated rings. The molecule has 0 spiro atoms. The minimum absolute atomic E-state index is 0.209. The second kappa shape index (κ2) is 9.12. The van der Waals surface area contributed by atoms with Crippen LogP contribution < -0.4 is 4.90 Å². The fourth-order valence-corrected chi connectivity index (χ4v) is 5.42. The number of carbonyl (C=O) groups is 1. The van der Waals surface area contributed by atoms with E-state index in [4.69, 9.17) is 19.7 Å². The molecule has 0 bridgehead atoms. The third-order valence-electron chi connectivity index (χ3n) is 5.96. The fraction of sp³-hybridized carbons (Fsp3) is 0.320. The Labute approximate surface area is 195 Å². The lowest BCUT2D eigenvalue weighted by molar-refractivity contribution is -0.143. The fourth-order valence-electron chi connectivity index (χ4n) is 4.28. The zero-order valence-corrected chi connectivity index (χ0v) is 19.1. The van der Waals surface area contributed by atoms with Gasteiger partial charge in [0, 0.05) is 19.0 Å².